The molecule has 0 aromatic heterocycles. The van der Waals surface area contributed by atoms with Crippen LogP contribution in [0.5, 0.6) is 0 Å². The lowest BCUT2D eigenvalue weighted by Gasteiger charge is -2.02. The first-order valence-electron chi connectivity index (χ1n) is 8.40. The Balaban J connectivity index is -0.000000350. The van der Waals surface area contributed by atoms with E-state index in [1.54, 1.807) is 24.3 Å². The van der Waals surface area contributed by atoms with Gasteiger partial charge in [-0.15, -0.1) is 0 Å². The summed E-state index contributed by atoms with van der Waals surface area (Å²) in [6.07, 6.45) is 2.92. The molecule has 1 aromatic carbocycles. The fraction of sp³-hybridized carbons (Fsp3) is 0.444. The zero-order valence-electron chi connectivity index (χ0n) is 16.4. The summed E-state index contributed by atoms with van der Waals surface area (Å²) in [5.41, 5.74) is 11.6. The van der Waals surface area contributed by atoms with Crippen molar-refractivity contribution in [1.29, 1.82) is 0 Å². The van der Waals surface area contributed by atoms with Crippen LogP contribution in [0.15, 0.2) is 24.3 Å². The standard InChI is InChI=1S/C9H9NO2.C5H12N2O2.C4H8O2.H3N/c1-7(12)10-9-4-2-8(6-11)3-5-9;6-3-1-2-4(7)5(8)9;1-2-3-4(5)6;/h2-6H,1H3,(H,10,12);4H,1-3,6-7H2,(H,8,9);2-3H2,1H3,(H,5,6);1H3/t;4-;;/m.0../s1. The molecule has 0 saturated carbocycles. The van der Waals surface area contributed by atoms with Crippen LogP contribution in [-0.2, 0) is 14.4 Å². The van der Waals surface area contributed by atoms with Crippen molar-refractivity contribution in [2.45, 2.75) is 45.6 Å². The molecule has 10 heteroatoms. The molecule has 10 N–H and O–H groups in total. The second-order valence-corrected chi connectivity index (χ2v) is 5.44. The molecule has 0 aliphatic carbocycles. The summed E-state index contributed by atoms with van der Waals surface area (Å²) in [6.45, 7) is 3.78. The minimum absolute atomic E-state index is 0. The summed E-state index contributed by atoms with van der Waals surface area (Å²) >= 11 is 0. The van der Waals surface area contributed by atoms with E-state index >= 15 is 0 Å². The van der Waals surface area contributed by atoms with E-state index in [0.717, 1.165) is 12.7 Å². The predicted octanol–water partition coefficient (Wildman–Crippen LogP) is 1.63. The van der Waals surface area contributed by atoms with Gasteiger partial charge < -0.3 is 33.1 Å². The molecule has 1 atom stereocenters. The van der Waals surface area contributed by atoms with Crippen molar-refractivity contribution in [2.75, 3.05) is 11.9 Å². The van der Waals surface area contributed by atoms with Crippen LogP contribution < -0.4 is 22.9 Å². The molecule has 1 amide bonds. The third-order valence-electron chi connectivity index (χ3n) is 2.87. The van der Waals surface area contributed by atoms with Crippen LogP contribution in [0.3, 0.4) is 0 Å². The highest BCUT2D eigenvalue weighted by Crippen LogP contribution is 2.07. The number of carbonyl (C=O) groups is 4. The van der Waals surface area contributed by atoms with E-state index in [0.29, 0.717) is 37.1 Å². The van der Waals surface area contributed by atoms with Gasteiger partial charge in [-0.1, -0.05) is 6.92 Å². The van der Waals surface area contributed by atoms with Crippen molar-refractivity contribution in [2.24, 2.45) is 11.5 Å². The molecule has 0 saturated heterocycles. The van der Waals surface area contributed by atoms with Gasteiger partial charge in [0.1, 0.15) is 12.3 Å². The quantitative estimate of drug-likeness (QED) is 0.350. The van der Waals surface area contributed by atoms with Gasteiger partial charge in [0.25, 0.3) is 0 Å². The maximum absolute atomic E-state index is 10.6. The fourth-order valence-corrected chi connectivity index (χ4v) is 1.52. The largest absolute Gasteiger partial charge is 0.481 e. The number of rotatable bonds is 8. The van der Waals surface area contributed by atoms with E-state index in [1.807, 2.05) is 6.92 Å². The van der Waals surface area contributed by atoms with E-state index in [2.05, 4.69) is 5.32 Å². The number of nitrogens with one attached hydrogen (secondary N) is 1. The first-order valence-corrected chi connectivity index (χ1v) is 8.40. The number of carboxylic acid groups (broad SMARTS) is 2. The van der Waals surface area contributed by atoms with E-state index in [9.17, 15) is 19.2 Å². The molecule has 1 aromatic rings. The van der Waals surface area contributed by atoms with Crippen molar-refractivity contribution in [3.63, 3.8) is 0 Å². The zero-order chi connectivity index (χ0) is 21.2. The summed E-state index contributed by atoms with van der Waals surface area (Å²) < 4.78 is 0. The van der Waals surface area contributed by atoms with E-state index in [1.165, 1.54) is 6.92 Å². The first-order chi connectivity index (χ1) is 12.7. The number of hydrogen-bond donors (Lipinski definition) is 6. The number of nitrogens with two attached hydrogens (primary N) is 2. The summed E-state index contributed by atoms with van der Waals surface area (Å²) in [5, 5.41) is 18.8. The van der Waals surface area contributed by atoms with E-state index in [-0.39, 0.29) is 12.1 Å². The average Bonchev–Trinajstić information content (AvgIpc) is 2.60. The number of hydrogen-bond acceptors (Lipinski definition) is 7. The van der Waals surface area contributed by atoms with Crippen molar-refractivity contribution in [3.05, 3.63) is 29.8 Å². The molecule has 28 heavy (non-hydrogen) atoms. The summed E-state index contributed by atoms with van der Waals surface area (Å²) in [7, 11) is 0. The predicted molar refractivity (Wildman–Crippen MR) is 108 cm³/mol. The Kier molecular flexibility index (Phi) is 20.3. The number of amides is 1. The van der Waals surface area contributed by atoms with Crippen molar-refractivity contribution >= 4 is 29.8 Å². The van der Waals surface area contributed by atoms with Crippen LogP contribution in [0.2, 0.25) is 0 Å². The van der Waals surface area contributed by atoms with Gasteiger partial charge in [0.05, 0.1) is 0 Å². The molecule has 0 unspecified atom stereocenters. The highest BCUT2D eigenvalue weighted by molar-refractivity contribution is 5.89. The van der Waals surface area contributed by atoms with Gasteiger partial charge in [0.15, 0.2) is 0 Å². The highest BCUT2D eigenvalue weighted by Gasteiger charge is 2.08. The van der Waals surface area contributed by atoms with Gasteiger partial charge in [-0.2, -0.15) is 0 Å². The number of aldehydes is 1. The third-order valence-corrected chi connectivity index (χ3v) is 2.87. The van der Waals surface area contributed by atoms with Gasteiger partial charge >= 0.3 is 11.9 Å². The maximum atomic E-state index is 10.6. The van der Waals surface area contributed by atoms with Gasteiger partial charge in [-0.05, 0) is 50.1 Å². The number of carboxylic acids is 2. The molecule has 0 aliphatic rings. The molecule has 0 spiro atoms. The smallest absolute Gasteiger partial charge is 0.320 e. The Morgan fingerprint density at radius 2 is 1.71 bits per heavy atom. The summed E-state index contributed by atoms with van der Waals surface area (Å²) in [6, 6.07) is 5.93. The third kappa shape index (κ3) is 19.5. The van der Waals surface area contributed by atoms with Crippen molar-refractivity contribution < 1.29 is 29.4 Å². The molecular weight excluding hydrogens is 368 g/mol. The molecule has 160 valence electrons. The van der Waals surface area contributed by atoms with Crippen molar-refractivity contribution in [3.8, 4) is 0 Å². The number of benzene rings is 1. The Labute approximate surface area is 164 Å². The van der Waals surface area contributed by atoms with Crippen molar-refractivity contribution in [1.82, 2.24) is 6.15 Å². The lowest BCUT2D eigenvalue weighted by Crippen LogP contribution is -2.30. The number of carbonyl (C=O) groups excluding carboxylic acids is 2. The lowest BCUT2D eigenvalue weighted by atomic mass is 10.2. The Bertz CT molecular complexity index is 578. The van der Waals surface area contributed by atoms with Crippen LogP contribution in [0.4, 0.5) is 5.69 Å². The van der Waals surface area contributed by atoms with Crippen LogP contribution in [0.25, 0.3) is 0 Å². The second kappa shape index (κ2) is 19.0. The topological polar surface area (TPSA) is 208 Å². The van der Waals surface area contributed by atoms with Gasteiger partial charge in [-0.25, -0.2) is 0 Å². The Morgan fingerprint density at radius 1 is 1.18 bits per heavy atom. The molecule has 0 bridgehead atoms. The number of aliphatic carboxylic acids is 2. The Hall–Kier alpha value is -2.82. The van der Waals surface area contributed by atoms with Gasteiger partial charge in [0, 0.05) is 24.6 Å². The molecule has 1 rings (SSSR count). The molecular formula is C18H32N4O6. The molecule has 0 aliphatic heterocycles. The lowest BCUT2D eigenvalue weighted by molar-refractivity contribution is -0.139. The molecule has 0 heterocycles. The first kappa shape index (κ1) is 29.9. The van der Waals surface area contributed by atoms with Crippen LogP contribution in [-0.4, -0.2) is 46.9 Å². The maximum Gasteiger partial charge on any atom is 0.320 e. The second-order valence-electron chi connectivity index (χ2n) is 5.44. The molecule has 0 radical (unpaired) electrons. The number of anilines is 1. The minimum atomic E-state index is -0.955. The van der Waals surface area contributed by atoms with Crippen LogP contribution in [0.1, 0.15) is 49.9 Å². The van der Waals surface area contributed by atoms with Crippen LogP contribution >= 0.6 is 0 Å². The minimum Gasteiger partial charge on any atom is -0.481 e. The molecule has 0 fully saturated rings. The van der Waals surface area contributed by atoms with Gasteiger partial charge in [0.2, 0.25) is 5.91 Å². The summed E-state index contributed by atoms with van der Waals surface area (Å²) in [5.74, 6) is -1.78. The normalized spacial score (nSPS) is 9.86. The average molecular weight is 400 g/mol. The van der Waals surface area contributed by atoms with Crippen LogP contribution in [0, 0.1) is 0 Å². The van der Waals surface area contributed by atoms with Gasteiger partial charge in [-0.3, -0.25) is 19.2 Å². The van der Waals surface area contributed by atoms with E-state index in [4.69, 9.17) is 21.7 Å². The molecule has 10 nitrogen and oxygen atoms in total. The summed E-state index contributed by atoms with van der Waals surface area (Å²) in [4.78, 5) is 40.5. The fourth-order valence-electron chi connectivity index (χ4n) is 1.52. The zero-order valence-corrected chi connectivity index (χ0v) is 16.4. The monoisotopic (exact) mass is 400 g/mol. The van der Waals surface area contributed by atoms with E-state index < -0.39 is 18.0 Å². The SMILES string of the molecule is CC(=O)Nc1ccc(C=O)cc1.CCCC(=O)O.N.NCCC[C@H](N)C(=O)O. The Morgan fingerprint density at radius 3 is 2.00 bits per heavy atom. The highest BCUT2D eigenvalue weighted by atomic mass is 16.4.